The predicted octanol–water partition coefficient (Wildman–Crippen LogP) is 2.01. The van der Waals surface area contributed by atoms with E-state index in [2.05, 4.69) is 20.6 Å². The van der Waals surface area contributed by atoms with E-state index < -0.39 is 9.84 Å². The summed E-state index contributed by atoms with van der Waals surface area (Å²) in [4.78, 5) is 21.8. The Labute approximate surface area is 181 Å². The van der Waals surface area contributed by atoms with E-state index in [0.29, 0.717) is 33.7 Å². The first-order valence-electron chi connectivity index (χ1n) is 9.86. The molecule has 2 aromatic heterocycles. The molecule has 0 unspecified atom stereocenters. The monoisotopic (exact) mass is 445 g/mol. The third kappa shape index (κ3) is 4.86. The second-order valence-corrected chi connectivity index (χ2v) is 9.91. The van der Waals surface area contributed by atoms with Gasteiger partial charge in [0.15, 0.2) is 9.84 Å². The van der Waals surface area contributed by atoms with Crippen LogP contribution in [0.4, 0.5) is 11.5 Å². The molecule has 0 aliphatic rings. The van der Waals surface area contributed by atoms with Crippen molar-refractivity contribution >= 4 is 32.2 Å². The van der Waals surface area contributed by atoms with Crippen molar-refractivity contribution in [2.45, 2.75) is 37.8 Å². The number of aliphatic hydroxyl groups is 1. The molecule has 10 heteroatoms. The van der Waals surface area contributed by atoms with E-state index in [9.17, 15) is 18.3 Å². The molecule has 0 radical (unpaired) electrons. The lowest BCUT2D eigenvalue weighted by atomic mass is 10.1. The van der Waals surface area contributed by atoms with Crippen molar-refractivity contribution in [2.24, 2.45) is 7.05 Å². The highest BCUT2D eigenvalue weighted by molar-refractivity contribution is 7.90. The van der Waals surface area contributed by atoms with Crippen LogP contribution >= 0.6 is 0 Å². The molecule has 3 N–H and O–H groups in total. The normalized spacial score (nSPS) is 12.9. The fourth-order valence-corrected chi connectivity index (χ4v) is 4.03. The van der Waals surface area contributed by atoms with Crippen molar-refractivity contribution in [1.29, 1.82) is 0 Å². The molecular formula is C21H27N5O4S. The largest absolute Gasteiger partial charge is 0.394 e. The van der Waals surface area contributed by atoms with Crippen LogP contribution in [0.15, 0.2) is 40.3 Å². The standard InChI is InChI=1S/C21H27N5O4S/c1-12(2)23-20-19-17(22-11-26(4)21(19)28)9-16(25-20)14-6-7-15(24-13(3)10-27)18(8-14)31(5,29)30/h6-9,11-13,24,27H,10H2,1-5H3,(H,23,25)/t13-/m1/s1. The number of hydrogen-bond donors (Lipinski definition) is 3. The molecule has 0 saturated carbocycles. The highest BCUT2D eigenvalue weighted by atomic mass is 32.2. The Bertz CT molecular complexity index is 1280. The smallest absolute Gasteiger partial charge is 0.264 e. The van der Waals surface area contributed by atoms with E-state index in [0.717, 1.165) is 6.26 Å². The van der Waals surface area contributed by atoms with Crippen molar-refractivity contribution in [3.05, 3.63) is 40.9 Å². The average Bonchev–Trinajstić information content (AvgIpc) is 2.69. The van der Waals surface area contributed by atoms with Gasteiger partial charge in [-0.3, -0.25) is 4.79 Å². The zero-order chi connectivity index (χ0) is 22.9. The van der Waals surface area contributed by atoms with Crippen LogP contribution in [-0.2, 0) is 16.9 Å². The summed E-state index contributed by atoms with van der Waals surface area (Å²) in [5, 5.41) is 15.9. The number of anilines is 2. The van der Waals surface area contributed by atoms with Crippen LogP contribution in [0.1, 0.15) is 20.8 Å². The van der Waals surface area contributed by atoms with Gasteiger partial charge in [-0.15, -0.1) is 0 Å². The number of pyridine rings is 1. The van der Waals surface area contributed by atoms with E-state index in [1.54, 1.807) is 32.2 Å². The van der Waals surface area contributed by atoms with E-state index in [1.807, 2.05) is 13.8 Å². The SMILES string of the molecule is CC(C)Nc1nc(-c2ccc(N[C@H](C)CO)c(S(C)(=O)=O)c2)cc2ncn(C)c(=O)c12. The molecule has 2 heterocycles. The van der Waals surface area contributed by atoms with Gasteiger partial charge >= 0.3 is 0 Å². The maximum atomic E-state index is 12.7. The molecule has 3 aromatic rings. The zero-order valence-corrected chi connectivity index (χ0v) is 19.0. The van der Waals surface area contributed by atoms with E-state index >= 15 is 0 Å². The predicted molar refractivity (Wildman–Crippen MR) is 122 cm³/mol. The number of fused-ring (bicyclic) bond motifs is 1. The van der Waals surface area contributed by atoms with Gasteiger partial charge in [0.05, 0.1) is 34.7 Å². The Morgan fingerprint density at radius 3 is 2.48 bits per heavy atom. The van der Waals surface area contributed by atoms with Gasteiger partial charge in [0.25, 0.3) is 5.56 Å². The molecule has 1 atom stereocenters. The van der Waals surface area contributed by atoms with Crippen LogP contribution < -0.4 is 16.2 Å². The maximum Gasteiger partial charge on any atom is 0.264 e. The average molecular weight is 446 g/mol. The van der Waals surface area contributed by atoms with Gasteiger partial charge in [0, 0.05) is 31.0 Å². The van der Waals surface area contributed by atoms with Gasteiger partial charge < -0.3 is 20.3 Å². The van der Waals surface area contributed by atoms with E-state index in [4.69, 9.17) is 0 Å². The van der Waals surface area contributed by atoms with Gasteiger partial charge in [-0.1, -0.05) is 6.07 Å². The Morgan fingerprint density at radius 2 is 1.87 bits per heavy atom. The van der Waals surface area contributed by atoms with Crippen molar-refractivity contribution in [2.75, 3.05) is 23.5 Å². The fraction of sp³-hybridized carbons (Fsp3) is 0.381. The van der Waals surface area contributed by atoms with Gasteiger partial charge in [-0.25, -0.2) is 18.4 Å². The minimum Gasteiger partial charge on any atom is -0.394 e. The van der Waals surface area contributed by atoms with Crippen LogP contribution in [0.5, 0.6) is 0 Å². The van der Waals surface area contributed by atoms with Crippen LogP contribution in [0.3, 0.4) is 0 Å². The lowest BCUT2D eigenvalue weighted by molar-refractivity contribution is 0.281. The van der Waals surface area contributed by atoms with Crippen molar-refractivity contribution in [1.82, 2.24) is 14.5 Å². The van der Waals surface area contributed by atoms with Crippen LogP contribution in [-0.4, -0.2) is 53.0 Å². The molecule has 0 saturated heterocycles. The first-order chi connectivity index (χ1) is 14.5. The lowest BCUT2D eigenvalue weighted by Crippen LogP contribution is -2.21. The summed E-state index contributed by atoms with van der Waals surface area (Å²) in [6.45, 7) is 5.49. The summed E-state index contributed by atoms with van der Waals surface area (Å²) >= 11 is 0. The van der Waals surface area contributed by atoms with E-state index in [-0.39, 0.29) is 29.1 Å². The topological polar surface area (TPSA) is 126 Å². The molecule has 9 nitrogen and oxygen atoms in total. The quantitative estimate of drug-likeness (QED) is 0.504. The Hall–Kier alpha value is -2.98. The fourth-order valence-electron chi connectivity index (χ4n) is 3.17. The van der Waals surface area contributed by atoms with E-state index in [1.165, 1.54) is 17.0 Å². The Balaban J connectivity index is 2.23. The number of aliphatic hydroxyl groups excluding tert-OH is 1. The molecule has 0 aliphatic heterocycles. The molecule has 3 rings (SSSR count). The molecule has 1 aromatic carbocycles. The summed E-state index contributed by atoms with van der Waals surface area (Å²) in [7, 11) is -1.93. The first-order valence-corrected chi connectivity index (χ1v) is 11.7. The highest BCUT2D eigenvalue weighted by Crippen LogP contribution is 2.31. The number of aryl methyl sites for hydroxylation is 1. The van der Waals surface area contributed by atoms with Crippen molar-refractivity contribution in [3.63, 3.8) is 0 Å². The number of aromatic nitrogens is 3. The minimum absolute atomic E-state index is 0.0222. The lowest BCUT2D eigenvalue weighted by Gasteiger charge is -2.17. The molecule has 0 spiro atoms. The second kappa shape index (κ2) is 8.64. The van der Waals surface area contributed by atoms with Crippen LogP contribution in [0, 0.1) is 0 Å². The van der Waals surface area contributed by atoms with Gasteiger partial charge in [-0.05, 0) is 39.0 Å². The van der Waals surface area contributed by atoms with Gasteiger partial charge in [-0.2, -0.15) is 0 Å². The Morgan fingerprint density at radius 1 is 1.16 bits per heavy atom. The second-order valence-electron chi connectivity index (χ2n) is 7.92. The number of sulfone groups is 1. The third-order valence-electron chi connectivity index (χ3n) is 4.68. The molecule has 31 heavy (non-hydrogen) atoms. The third-order valence-corrected chi connectivity index (χ3v) is 5.82. The number of nitrogens with zero attached hydrogens (tertiary/aromatic N) is 3. The van der Waals surface area contributed by atoms with Crippen LogP contribution in [0.25, 0.3) is 22.2 Å². The van der Waals surface area contributed by atoms with Gasteiger partial charge in [0.2, 0.25) is 0 Å². The maximum absolute atomic E-state index is 12.7. The summed E-state index contributed by atoms with van der Waals surface area (Å²) < 4.78 is 26.2. The summed E-state index contributed by atoms with van der Waals surface area (Å²) in [6, 6.07) is 6.32. The molecular weight excluding hydrogens is 418 g/mol. The molecule has 0 amide bonds. The first kappa shape index (κ1) is 22.7. The highest BCUT2D eigenvalue weighted by Gasteiger charge is 2.19. The van der Waals surface area contributed by atoms with Crippen LogP contribution in [0.2, 0.25) is 0 Å². The Kier molecular flexibility index (Phi) is 6.33. The molecule has 0 aliphatic carbocycles. The van der Waals surface area contributed by atoms with Crippen molar-refractivity contribution < 1.29 is 13.5 Å². The molecule has 0 fully saturated rings. The zero-order valence-electron chi connectivity index (χ0n) is 18.2. The summed E-state index contributed by atoms with van der Waals surface area (Å²) in [5.41, 5.74) is 1.71. The number of hydrogen-bond acceptors (Lipinski definition) is 8. The molecule has 0 bridgehead atoms. The summed E-state index contributed by atoms with van der Waals surface area (Å²) in [6.07, 6.45) is 2.57. The van der Waals surface area contributed by atoms with Gasteiger partial charge in [0.1, 0.15) is 11.2 Å². The minimum atomic E-state index is -3.56. The number of rotatable bonds is 7. The molecule has 166 valence electrons. The number of benzene rings is 1. The van der Waals surface area contributed by atoms with Crippen molar-refractivity contribution in [3.8, 4) is 11.3 Å². The number of nitrogens with one attached hydrogen (secondary N) is 2. The summed E-state index contributed by atoms with van der Waals surface area (Å²) in [5.74, 6) is 0.396.